The Bertz CT molecular complexity index is 546. The second kappa shape index (κ2) is 6.98. The zero-order valence-electron chi connectivity index (χ0n) is 14.6. The van der Waals surface area contributed by atoms with E-state index in [4.69, 9.17) is 14.2 Å². The fourth-order valence-corrected chi connectivity index (χ4v) is 2.50. The van der Waals surface area contributed by atoms with E-state index in [9.17, 15) is 4.79 Å². The van der Waals surface area contributed by atoms with Crippen LogP contribution in [0.4, 0.5) is 10.5 Å². The van der Waals surface area contributed by atoms with Crippen molar-refractivity contribution in [3.05, 3.63) is 18.2 Å². The highest BCUT2D eigenvalue weighted by Crippen LogP contribution is 2.31. The average Bonchev–Trinajstić information content (AvgIpc) is 2.52. The molecule has 0 aromatic heterocycles. The minimum atomic E-state index is -0.461. The molecule has 1 amide bonds. The maximum Gasteiger partial charge on any atom is 0.410 e. The zero-order valence-corrected chi connectivity index (χ0v) is 14.6. The summed E-state index contributed by atoms with van der Waals surface area (Å²) in [5.74, 6) is 1.42. The Labute approximate surface area is 137 Å². The predicted molar refractivity (Wildman–Crippen MR) is 89.6 cm³/mol. The van der Waals surface area contributed by atoms with E-state index in [0.717, 1.165) is 18.8 Å². The van der Waals surface area contributed by atoms with Crippen molar-refractivity contribution in [3.8, 4) is 11.5 Å². The van der Waals surface area contributed by atoms with Crippen LogP contribution in [0.1, 0.15) is 20.8 Å². The molecule has 1 aromatic rings. The fraction of sp³-hybridized carbons (Fsp3) is 0.588. The first-order valence-electron chi connectivity index (χ1n) is 7.79. The van der Waals surface area contributed by atoms with Crippen LogP contribution in [-0.4, -0.2) is 57.0 Å². The number of hydrogen-bond donors (Lipinski definition) is 0. The third-order valence-corrected chi connectivity index (χ3v) is 3.66. The summed E-state index contributed by atoms with van der Waals surface area (Å²) in [6.07, 6.45) is -0.246. The normalized spacial score (nSPS) is 15.3. The van der Waals surface area contributed by atoms with Crippen molar-refractivity contribution in [1.82, 2.24) is 4.90 Å². The lowest BCUT2D eigenvalue weighted by Gasteiger charge is -2.36. The largest absolute Gasteiger partial charge is 0.493 e. The van der Waals surface area contributed by atoms with Gasteiger partial charge in [0.25, 0.3) is 0 Å². The molecular formula is C17H26N2O4. The predicted octanol–water partition coefficient (Wildman–Crippen LogP) is 2.76. The topological polar surface area (TPSA) is 51.2 Å². The second-order valence-corrected chi connectivity index (χ2v) is 6.49. The Hall–Kier alpha value is -2.11. The number of benzene rings is 1. The van der Waals surface area contributed by atoms with Gasteiger partial charge in [0.1, 0.15) is 5.60 Å². The molecule has 1 aromatic carbocycles. The molecule has 6 nitrogen and oxygen atoms in total. The van der Waals surface area contributed by atoms with Crippen molar-refractivity contribution in [2.45, 2.75) is 26.4 Å². The summed E-state index contributed by atoms with van der Waals surface area (Å²) in [7, 11) is 3.25. The highest BCUT2D eigenvalue weighted by Gasteiger charge is 2.26. The van der Waals surface area contributed by atoms with Crippen molar-refractivity contribution in [2.24, 2.45) is 0 Å². The minimum absolute atomic E-state index is 0.246. The van der Waals surface area contributed by atoms with Crippen molar-refractivity contribution in [1.29, 1.82) is 0 Å². The number of carbonyl (C=O) groups excluding carboxylic acids is 1. The number of anilines is 1. The van der Waals surface area contributed by atoms with Gasteiger partial charge in [-0.25, -0.2) is 4.79 Å². The maximum absolute atomic E-state index is 12.1. The fourth-order valence-electron chi connectivity index (χ4n) is 2.50. The molecule has 0 spiro atoms. The van der Waals surface area contributed by atoms with Crippen LogP contribution >= 0.6 is 0 Å². The Balaban J connectivity index is 1.98. The van der Waals surface area contributed by atoms with Gasteiger partial charge in [0.05, 0.1) is 14.2 Å². The second-order valence-electron chi connectivity index (χ2n) is 6.49. The van der Waals surface area contributed by atoms with Crippen LogP contribution in [0.25, 0.3) is 0 Å². The summed E-state index contributed by atoms with van der Waals surface area (Å²) in [5, 5.41) is 0. The lowest BCUT2D eigenvalue weighted by molar-refractivity contribution is 0.0240. The molecule has 1 fully saturated rings. The van der Waals surface area contributed by atoms with Gasteiger partial charge in [-0.3, -0.25) is 0 Å². The number of nitrogens with zero attached hydrogens (tertiary/aromatic N) is 2. The molecule has 1 saturated heterocycles. The number of rotatable bonds is 3. The van der Waals surface area contributed by atoms with E-state index in [0.29, 0.717) is 24.6 Å². The number of carbonyl (C=O) groups is 1. The highest BCUT2D eigenvalue weighted by molar-refractivity contribution is 5.68. The van der Waals surface area contributed by atoms with Crippen molar-refractivity contribution in [2.75, 3.05) is 45.3 Å². The molecule has 0 radical (unpaired) electrons. The van der Waals surface area contributed by atoms with E-state index in [2.05, 4.69) is 4.90 Å². The summed E-state index contributed by atoms with van der Waals surface area (Å²) in [5.41, 5.74) is 0.601. The van der Waals surface area contributed by atoms with Crippen LogP contribution in [-0.2, 0) is 4.74 Å². The lowest BCUT2D eigenvalue weighted by atomic mass is 10.2. The van der Waals surface area contributed by atoms with Crippen LogP contribution in [0.2, 0.25) is 0 Å². The molecule has 0 unspecified atom stereocenters. The first-order chi connectivity index (χ1) is 10.8. The molecule has 23 heavy (non-hydrogen) atoms. The zero-order chi connectivity index (χ0) is 17.0. The van der Waals surface area contributed by atoms with E-state index in [-0.39, 0.29) is 6.09 Å². The number of methoxy groups -OCH3 is 2. The molecule has 128 valence electrons. The van der Waals surface area contributed by atoms with E-state index in [1.54, 1.807) is 19.1 Å². The van der Waals surface area contributed by atoms with Crippen LogP contribution in [0.5, 0.6) is 11.5 Å². The number of ether oxygens (including phenoxy) is 3. The Morgan fingerprint density at radius 3 is 2.13 bits per heavy atom. The van der Waals surface area contributed by atoms with Gasteiger partial charge in [0, 0.05) is 37.9 Å². The third kappa shape index (κ3) is 4.43. The summed E-state index contributed by atoms with van der Waals surface area (Å²) in [4.78, 5) is 16.1. The Kier molecular flexibility index (Phi) is 5.23. The Morgan fingerprint density at radius 1 is 1.00 bits per heavy atom. The molecule has 0 saturated carbocycles. The van der Waals surface area contributed by atoms with Crippen LogP contribution in [0, 0.1) is 0 Å². The van der Waals surface area contributed by atoms with E-state index in [1.807, 2.05) is 39.0 Å². The van der Waals surface area contributed by atoms with E-state index >= 15 is 0 Å². The quantitative estimate of drug-likeness (QED) is 0.856. The van der Waals surface area contributed by atoms with Crippen molar-refractivity contribution < 1.29 is 19.0 Å². The number of hydrogen-bond acceptors (Lipinski definition) is 5. The van der Waals surface area contributed by atoms with Gasteiger partial charge >= 0.3 is 6.09 Å². The van der Waals surface area contributed by atoms with Crippen molar-refractivity contribution in [3.63, 3.8) is 0 Å². The minimum Gasteiger partial charge on any atom is -0.493 e. The smallest absolute Gasteiger partial charge is 0.410 e. The molecule has 1 heterocycles. The summed E-state index contributed by atoms with van der Waals surface area (Å²) in [6.45, 7) is 8.44. The van der Waals surface area contributed by atoms with Gasteiger partial charge in [-0.2, -0.15) is 0 Å². The maximum atomic E-state index is 12.1. The van der Waals surface area contributed by atoms with Gasteiger partial charge in [0.15, 0.2) is 11.5 Å². The standard InChI is InChI=1S/C17H26N2O4/c1-17(2,3)23-16(20)19-10-8-18(9-11-19)13-6-7-14(21-4)15(12-13)22-5/h6-7,12H,8-11H2,1-5H3. The number of piperazine rings is 1. The molecule has 6 heteroatoms. The molecule has 0 aliphatic carbocycles. The monoisotopic (exact) mass is 322 g/mol. The molecule has 0 bridgehead atoms. The summed E-state index contributed by atoms with van der Waals surface area (Å²) >= 11 is 0. The third-order valence-electron chi connectivity index (χ3n) is 3.66. The van der Waals surface area contributed by atoms with Crippen LogP contribution in [0.3, 0.4) is 0 Å². The number of amides is 1. The molecule has 1 aliphatic heterocycles. The summed E-state index contributed by atoms with van der Waals surface area (Å²) < 4.78 is 16.0. The molecule has 0 atom stereocenters. The molecule has 0 N–H and O–H groups in total. The summed E-state index contributed by atoms with van der Waals surface area (Å²) in [6, 6.07) is 5.86. The average molecular weight is 322 g/mol. The highest BCUT2D eigenvalue weighted by atomic mass is 16.6. The first-order valence-corrected chi connectivity index (χ1v) is 7.79. The molecule has 1 aliphatic rings. The van der Waals surface area contributed by atoms with Gasteiger partial charge in [0.2, 0.25) is 0 Å². The van der Waals surface area contributed by atoms with Crippen molar-refractivity contribution >= 4 is 11.8 Å². The van der Waals surface area contributed by atoms with E-state index in [1.165, 1.54) is 0 Å². The SMILES string of the molecule is COc1ccc(N2CCN(C(=O)OC(C)(C)C)CC2)cc1OC. The van der Waals surface area contributed by atoms with Crippen LogP contribution in [0.15, 0.2) is 18.2 Å². The van der Waals surface area contributed by atoms with Crippen LogP contribution < -0.4 is 14.4 Å². The van der Waals surface area contributed by atoms with Gasteiger partial charge < -0.3 is 24.0 Å². The molecular weight excluding hydrogens is 296 g/mol. The first kappa shape index (κ1) is 17.2. The molecule has 2 rings (SSSR count). The van der Waals surface area contributed by atoms with Gasteiger partial charge in [-0.15, -0.1) is 0 Å². The lowest BCUT2D eigenvalue weighted by Crippen LogP contribution is -2.50. The Morgan fingerprint density at radius 2 is 1.61 bits per heavy atom. The van der Waals surface area contributed by atoms with Gasteiger partial charge in [-0.05, 0) is 32.9 Å². The van der Waals surface area contributed by atoms with Gasteiger partial charge in [-0.1, -0.05) is 0 Å². The van der Waals surface area contributed by atoms with E-state index < -0.39 is 5.60 Å².